The Morgan fingerprint density at radius 3 is 2.25 bits per heavy atom. The second kappa shape index (κ2) is 3.35. The van der Waals surface area contributed by atoms with Crippen LogP contribution in [0.2, 0.25) is 0 Å². The molecule has 0 bridgehead atoms. The number of rotatable bonds is 1. The summed E-state index contributed by atoms with van der Waals surface area (Å²) in [4.78, 5) is 2.56. The van der Waals surface area contributed by atoms with Crippen LogP contribution in [0.5, 0.6) is 0 Å². The maximum absolute atomic E-state index is 5.70. The average molecular weight is 170 g/mol. The molecule has 12 heavy (non-hydrogen) atoms. The lowest BCUT2D eigenvalue weighted by Gasteiger charge is -2.36. The Bertz CT molecular complexity index is 148. The number of likely N-dealkylation sites (tertiary alicyclic amines) is 1. The highest BCUT2D eigenvalue weighted by Crippen LogP contribution is 2.29. The van der Waals surface area contributed by atoms with Crippen LogP contribution in [0, 0.1) is 5.92 Å². The second-order valence-corrected chi connectivity index (χ2v) is 4.89. The minimum absolute atomic E-state index is 0.309. The van der Waals surface area contributed by atoms with E-state index in [4.69, 9.17) is 5.73 Å². The lowest BCUT2D eigenvalue weighted by atomic mass is 10.00. The normalized spacial score (nSPS) is 32.8. The molecule has 1 fully saturated rings. The number of hydrogen-bond acceptors (Lipinski definition) is 2. The fraction of sp³-hybridized carbons (Fsp3) is 1.00. The van der Waals surface area contributed by atoms with Gasteiger partial charge in [-0.25, -0.2) is 0 Å². The van der Waals surface area contributed by atoms with Crippen LogP contribution in [0.1, 0.15) is 34.1 Å². The molecule has 2 unspecified atom stereocenters. The van der Waals surface area contributed by atoms with Gasteiger partial charge in [0.25, 0.3) is 0 Å². The Labute approximate surface area is 76.1 Å². The van der Waals surface area contributed by atoms with Gasteiger partial charge >= 0.3 is 0 Å². The number of nitrogens with two attached hydrogens (primary N) is 1. The molecule has 0 aliphatic carbocycles. The molecule has 0 saturated carbocycles. The van der Waals surface area contributed by atoms with Gasteiger partial charge in [-0.1, -0.05) is 0 Å². The van der Waals surface area contributed by atoms with E-state index in [2.05, 4.69) is 32.6 Å². The monoisotopic (exact) mass is 170 g/mol. The molecule has 1 heterocycles. The molecule has 72 valence electrons. The lowest BCUT2D eigenvalue weighted by Crippen LogP contribution is -2.45. The second-order valence-electron chi connectivity index (χ2n) is 4.89. The van der Waals surface area contributed by atoms with Gasteiger partial charge in [0.1, 0.15) is 0 Å². The van der Waals surface area contributed by atoms with E-state index < -0.39 is 0 Å². The van der Waals surface area contributed by atoms with Crippen LogP contribution in [-0.4, -0.2) is 29.6 Å². The van der Waals surface area contributed by atoms with Crippen molar-refractivity contribution in [2.75, 3.05) is 13.1 Å². The molecule has 0 radical (unpaired) electrons. The molecule has 1 rings (SSSR count). The van der Waals surface area contributed by atoms with Crippen LogP contribution in [0.3, 0.4) is 0 Å². The number of hydrogen-bond donors (Lipinski definition) is 1. The zero-order chi connectivity index (χ0) is 9.35. The van der Waals surface area contributed by atoms with Crippen molar-refractivity contribution in [1.82, 2.24) is 4.90 Å². The van der Waals surface area contributed by atoms with E-state index in [1.54, 1.807) is 0 Å². The minimum Gasteiger partial charge on any atom is -0.330 e. The van der Waals surface area contributed by atoms with Gasteiger partial charge < -0.3 is 5.73 Å². The molecule has 0 spiro atoms. The summed E-state index contributed by atoms with van der Waals surface area (Å²) in [5, 5.41) is 0. The van der Waals surface area contributed by atoms with Crippen molar-refractivity contribution in [2.24, 2.45) is 11.7 Å². The summed E-state index contributed by atoms with van der Waals surface area (Å²) in [6, 6.07) is 0.662. The molecule has 0 aromatic heterocycles. The standard InChI is InChI=1S/C10H22N2/c1-8-9(7-11)5-6-12(8)10(2,3)4/h8-9H,5-7,11H2,1-4H3. The lowest BCUT2D eigenvalue weighted by molar-refractivity contribution is 0.118. The van der Waals surface area contributed by atoms with Crippen molar-refractivity contribution in [3.63, 3.8) is 0 Å². The topological polar surface area (TPSA) is 29.3 Å². The maximum atomic E-state index is 5.70. The van der Waals surface area contributed by atoms with Crippen molar-refractivity contribution in [3.05, 3.63) is 0 Å². The highest BCUT2D eigenvalue weighted by atomic mass is 15.2. The molecule has 0 aromatic carbocycles. The van der Waals surface area contributed by atoms with E-state index in [0.29, 0.717) is 17.5 Å². The van der Waals surface area contributed by atoms with Gasteiger partial charge in [0.15, 0.2) is 0 Å². The summed E-state index contributed by atoms with van der Waals surface area (Å²) in [5.74, 6) is 0.712. The zero-order valence-electron chi connectivity index (χ0n) is 8.80. The van der Waals surface area contributed by atoms with E-state index in [1.807, 2.05) is 0 Å². The zero-order valence-corrected chi connectivity index (χ0v) is 8.80. The van der Waals surface area contributed by atoms with Crippen LogP contribution in [0.4, 0.5) is 0 Å². The van der Waals surface area contributed by atoms with E-state index in [-0.39, 0.29) is 0 Å². The first kappa shape index (κ1) is 10.0. The van der Waals surface area contributed by atoms with Crippen LogP contribution in [0.25, 0.3) is 0 Å². The van der Waals surface area contributed by atoms with E-state index >= 15 is 0 Å². The molecular weight excluding hydrogens is 148 g/mol. The van der Waals surface area contributed by atoms with Gasteiger partial charge in [0, 0.05) is 11.6 Å². The summed E-state index contributed by atoms with van der Waals surface area (Å²) in [7, 11) is 0. The van der Waals surface area contributed by atoms with Gasteiger partial charge in [-0.2, -0.15) is 0 Å². The van der Waals surface area contributed by atoms with Crippen molar-refractivity contribution < 1.29 is 0 Å². The fourth-order valence-electron chi connectivity index (χ4n) is 2.27. The highest BCUT2D eigenvalue weighted by Gasteiger charge is 2.35. The Morgan fingerprint density at radius 2 is 2.00 bits per heavy atom. The first-order chi connectivity index (χ1) is 5.46. The van der Waals surface area contributed by atoms with Crippen LogP contribution >= 0.6 is 0 Å². The van der Waals surface area contributed by atoms with Crippen molar-refractivity contribution in [3.8, 4) is 0 Å². The van der Waals surface area contributed by atoms with Gasteiger partial charge in [0.2, 0.25) is 0 Å². The molecule has 2 atom stereocenters. The van der Waals surface area contributed by atoms with E-state index in [0.717, 1.165) is 6.54 Å². The summed E-state index contributed by atoms with van der Waals surface area (Å²) in [5.41, 5.74) is 6.01. The Hall–Kier alpha value is -0.0800. The van der Waals surface area contributed by atoms with Crippen LogP contribution in [-0.2, 0) is 0 Å². The molecular formula is C10H22N2. The van der Waals surface area contributed by atoms with Crippen LogP contribution in [0.15, 0.2) is 0 Å². The SMILES string of the molecule is CC1C(CN)CCN1C(C)(C)C. The Kier molecular flexibility index (Phi) is 2.79. The molecule has 0 amide bonds. The molecule has 2 N–H and O–H groups in total. The molecule has 0 aromatic rings. The Balaban J connectivity index is 2.61. The van der Waals surface area contributed by atoms with E-state index in [9.17, 15) is 0 Å². The summed E-state index contributed by atoms with van der Waals surface area (Å²) in [6.07, 6.45) is 1.27. The molecule has 1 aliphatic heterocycles. The predicted octanol–water partition coefficient (Wildman–Crippen LogP) is 1.45. The minimum atomic E-state index is 0.309. The van der Waals surface area contributed by atoms with Gasteiger partial charge in [0.05, 0.1) is 0 Å². The van der Waals surface area contributed by atoms with Gasteiger partial charge in [-0.15, -0.1) is 0 Å². The maximum Gasteiger partial charge on any atom is 0.0128 e. The first-order valence-electron chi connectivity index (χ1n) is 4.93. The third-order valence-corrected chi connectivity index (χ3v) is 3.08. The van der Waals surface area contributed by atoms with Gasteiger partial charge in [-0.05, 0) is 53.1 Å². The quantitative estimate of drug-likeness (QED) is 0.645. The van der Waals surface area contributed by atoms with Crippen molar-refractivity contribution >= 4 is 0 Å². The molecule has 1 aliphatic rings. The third-order valence-electron chi connectivity index (χ3n) is 3.08. The fourth-order valence-corrected chi connectivity index (χ4v) is 2.27. The highest BCUT2D eigenvalue weighted by molar-refractivity contribution is 4.91. The molecule has 2 nitrogen and oxygen atoms in total. The summed E-state index contributed by atoms with van der Waals surface area (Å²) < 4.78 is 0. The van der Waals surface area contributed by atoms with Crippen LogP contribution < -0.4 is 5.73 Å². The number of nitrogens with zero attached hydrogens (tertiary/aromatic N) is 1. The van der Waals surface area contributed by atoms with Crippen molar-refractivity contribution in [2.45, 2.75) is 45.7 Å². The Morgan fingerprint density at radius 1 is 1.42 bits per heavy atom. The largest absolute Gasteiger partial charge is 0.330 e. The average Bonchev–Trinajstić information content (AvgIpc) is 2.29. The summed E-state index contributed by atoms with van der Waals surface area (Å²) >= 11 is 0. The smallest absolute Gasteiger partial charge is 0.0128 e. The van der Waals surface area contributed by atoms with Crippen molar-refractivity contribution in [1.29, 1.82) is 0 Å². The molecule has 1 saturated heterocycles. The predicted molar refractivity (Wildman–Crippen MR) is 53.1 cm³/mol. The first-order valence-corrected chi connectivity index (χ1v) is 4.93. The summed E-state index contributed by atoms with van der Waals surface area (Å²) in [6.45, 7) is 11.2. The van der Waals surface area contributed by atoms with E-state index in [1.165, 1.54) is 13.0 Å². The van der Waals surface area contributed by atoms with Gasteiger partial charge in [-0.3, -0.25) is 4.90 Å². The third kappa shape index (κ3) is 1.80. The molecule has 2 heteroatoms.